The van der Waals surface area contributed by atoms with Gasteiger partial charge in [-0.25, -0.2) is 0 Å². The van der Waals surface area contributed by atoms with Gasteiger partial charge < -0.3 is 5.73 Å². The van der Waals surface area contributed by atoms with Crippen molar-refractivity contribution in [3.8, 4) is 0 Å². The van der Waals surface area contributed by atoms with Gasteiger partial charge >= 0.3 is 0 Å². The average Bonchev–Trinajstić information content (AvgIpc) is 2.39. The van der Waals surface area contributed by atoms with E-state index in [2.05, 4.69) is 48.1 Å². The van der Waals surface area contributed by atoms with Crippen LogP contribution in [-0.2, 0) is 0 Å². The van der Waals surface area contributed by atoms with Crippen LogP contribution < -0.4 is 5.73 Å². The molecule has 2 aromatic rings. The fourth-order valence-corrected chi connectivity index (χ4v) is 1.82. The van der Waals surface area contributed by atoms with E-state index in [4.69, 9.17) is 5.73 Å². The average molecular weight is 241 g/mol. The summed E-state index contributed by atoms with van der Waals surface area (Å²) in [6.45, 7) is 6.28. The second-order valence-corrected chi connectivity index (χ2v) is 4.88. The molecule has 1 heterocycles. The van der Waals surface area contributed by atoms with Crippen LogP contribution in [0.3, 0.4) is 0 Å². The van der Waals surface area contributed by atoms with Crippen molar-refractivity contribution < 1.29 is 0 Å². The maximum Gasteiger partial charge on any atom is 0.0799 e. The maximum atomic E-state index is 6.19. The van der Waals surface area contributed by atoms with Gasteiger partial charge in [-0.2, -0.15) is 0 Å². The van der Waals surface area contributed by atoms with E-state index in [0.717, 1.165) is 17.0 Å². The number of hydrogen-bond acceptors (Lipinski definition) is 3. The molecule has 0 aliphatic heterocycles. The van der Waals surface area contributed by atoms with Gasteiger partial charge in [0, 0.05) is 6.20 Å². The quantitative estimate of drug-likeness (QED) is 0.898. The first-order valence-electron chi connectivity index (χ1n) is 6.22. The molecule has 1 aromatic carbocycles. The summed E-state index contributed by atoms with van der Waals surface area (Å²) < 4.78 is 0. The van der Waals surface area contributed by atoms with Gasteiger partial charge in [-0.3, -0.25) is 9.97 Å². The lowest BCUT2D eigenvalue weighted by Gasteiger charge is -2.13. The first-order valence-corrected chi connectivity index (χ1v) is 6.22. The van der Waals surface area contributed by atoms with E-state index in [1.165, 1.54) is 5.56 Å². The van der Waals surface area contributed by atoms with Gasteiger partial charge in [0.15, 0.2) is 0 Å². The van der Waals surface area contributed by atoms with Gasteiger partial charge in [0.1, 0.15) is 0 Å². The molecule has 0 aliphatic carbocycles. The fraction of sp³-hybridized carbons (Fsp3) is 0.333. The van der Waals surface area contributed by atoms with Gasteiger partial charge in [0.2, 0.25) is 0 Å². The lowest BCUT2D eigenvalue weighted by atomic mass is 9.98. The minimum atomic E-state index is -0.209. The van der Waals surface area contributed by atoms with Gasteiger partial charge in [0.25, 0.3) is 0 Å². The molecule has 1 aromatic heterocycles. The molecule has 0 amide bonds. The van der Waals surface area contributed by atoms with Crippen molar-refractivity contribution in [1.29, 1.82) is 0 Å². The standard InChI is InChI=1S/C15H19N3/c1-10(2)12-4-6-13(7-5-12)15(16)14-9-17-11(3)8-18-14/h4-10,15H,16H2,1-3H3. The largest absolute Gasteiger partial charge is 0.319 e. The van der Waals surface area contributed by atoms with Crippen molar-refractivity contribution in [2.45, 2.75) is 32.7 Å². The zero-order valence-corrected chi connectivity index (χ0v) is 11.1. The predicted octanol–water partition coefficient (Wildman–Crippen LogP) is 2.96. The Morgan fingerprint density at radius 3 is 2.06 bits per heavy atom. The summed E-state index contributed by atoms with van der Waals surface area (Å²) in [6.07, 6.45) is 3.49. The van der Waals surface area contributed by atoms with Gasteiger partial charge in [-0.05, 0) is 24.0 Å². The molecule has 94 valence electrons. The molecule has 18 heavy (non-hydrogen) atoms. The Morgan fingerprint density at radius 1 is 0.944 bits per heavy atom. The van der Waals surface area contributed by atoms with Gasteiger partial charge in [-0.1, -0.05) is 38.1 Å². The van der Waals surface area contributed by atoms with Crippen molar-refractivity contribution in [3.63, 3.8) is 0 Å². The highest BCUT2D eigenvalue weighted by molar-refractivity contribution is 5.30. The van der Waals surface area contributed by atoms with Crippen LogP contribution >= 0.6 is 0 Å². The molecular formula is C15H19N3. The van der Waals surface area contributed by atoms with E-state index in [1.54, 1.807) is 12.4 Å². The molecule has 1 unspecified atom stereocenters. The second-order valence-electron chi connectivity index (χ2n) is 4.88. The molecule has 2 N–H and O–H groups in total. The van der Waals surface area contributed by atoms with Gasteiger partial charge in [0.05, 0.1) is 23.6 Å². The summed E-state index contributed by atoms with van der Waals surface area (Å²) in [5.41, 5.74) is 10.3. The SMILES string of the molecule is Cc1cnc(C(N)c2ccc(C(C)C)cc2)cn1. The molecule has 0 spiro atoms. The number of rotatable bonds is 3. The topological polar surface area (TPSA) is 51.8 Å². The molecule has 3 heteroatoms. The number of aryl methyl sites for hydroxylation is 1. The van der Waals surface area contributed by atoms with E-state index in [9.17, 15) is 0 Å². The maximum absolute atomic E-state index is 6.19. The third-order valence-electron chi connectivity index (χ3n) is 3.08. The van der Waals surface area contributed by atoms with Crippen LogP contribution in [0.15, 0.2) is 36.7 Å². The van der Waals surface area contributed by atoms with Crippen molar-refractivity contribution in [2.24, 2.45) is 5.73 Å². The van der Waals surface area contributed by atoms with Crippen molar-refractivity contribution in [1.82, 2.24) is 9.97 Å². The molecule has 0 saturated heterocycles. The molecule has 1 atom stereocenters. The van der Waals surface area contributed by atoms with Crippen molar-refractivity contribution in [2.75, 3.05) is 0 Å². The monoisotopic (exact) mass is 241 g/mol. The molecule has 3 nitrogen and oxygen atoms in total. The summed E-state index contributed by atoms with van der Waals surface area (Å²) in [5.74, 6) is 0.537. The smallest absolute Gasteiger partial charge is 0.0799 e. The predicted molar refractivity (Wildman–Crippen MR) is 73.3 cm³/mol. The second kappa shape index (κ2) is 5.27. The van der Waals surface area contributed by atoms with Crippen molar-refractivity contribution in [3.05, 3.63) is 59.2 Å². The number of benzene rings is 1. The third-order valence-corrected chi connectivity index (χ3v) is 3.08. The number of hydrogen-bond donors (Lipinski definition) is 1. The minimum absolute atomic E-state index is 0.209. The van der Waals surface area contributed by atoms with E-state index in [1.807, 2.05) is 6.92 Å². The number of nitrogens with two attached hydrogens (primary N) is 1. The van der Waals surface area contributed by atoms with Crippen LogP contribution in [0.25, 0.3) is 0 Å². The van der Waals surface area contributed by atoms with Crippen LogP contribution in [0, 0.1) is 6.92 Å². The third kappa shape index (κ3) is 2.74. The molecule has 0 saturated carbocycles. The normalized spacial score (nSPS) is 12.7. The van der Waals surface area contributed by atoms with E-state index >= 15 is 0 Å². The summed E-state index contributed by atoms with van der Waals surface area (Å²) in [5, 5.41) is 0. The van der Waals surface area contributed by atoms with Crippen LogP contribution in [-0.4, -0.2) is 9.97 Å². The van der Waals surface area contributed by atoms with E-state index in [-0.39, 0.29) is 6.04 Å². The van der Waals surface area contributed by atoms with Crippen LogP contribution in [0.4, 0.5) is 0 Å². The fourth-order valence-electron chi connectivity index (χ4n) is 1.82. The van der Waals surface area contributed by atoms with Crippen LogP contribution in [0.5, 0.6) is 0 Å². The van der Waals surface area contributed by atoms with E-state index in [0.29, 0.717) is 5.92 Å². The molecule has 0 aliphatic rings. The Bertz CT molecular complexity index is 500. The lowest BCUT2D eigenvalue weighted by Crippen LogP contribution is -2.14. The Labute approximate surface area is 108 Å². The van der Waals surface area contributed by atoms with E-state index < -0.39 is 0 Å². The molecule has 0 radical (unpaired) electrons. The first-order chi connectivity index (χ1) is 8.58. The Balaban J connectivity index is 2.23. The highest BCUT2D eigenvalue weighted by Crippen LogP contribution is 2.20. The Kier molecular flexibility index (Phi) is 3.72. The lowest BCUT2D eigenvalue weighted by molar-refractivity contribution is 0.807. The molecule has 2 rings (SSSR count). The zero-order valence-electron chi connectivity index (χ0n) is 11.1. The Hall–Kier alpha value is -1.74. The Morgan fingerprint density at radius 2 is 1.56 bits per heavy atom. The summed E-state index contributed by atoms with van der Waals surface area (Å²) in [4.78, 5) is 8.55. The highest BCUT2D eigenvalue weighted by Gasteiger charge is 2.10. The summed E-state index contributed by atoms with van der Waals surface area (Å²) in [6, 6.07) is 8.19. The van der Waals surface area contributed by atoms with Crippen LogP contribution in [0.2, 0.25) is 0 Å². The molecular weight excluding hydrogens is 222 g/mol. The van der Waals surface area contributed by atoms with Crippen LogP contribution in [0.1, 0.15) is 48.3 Å². The molecule has 0 bridgehead atoms. The highest BCUT2D eigenvalue weighted by atomic mass is 14.8. The summed E-state index contributed by atoms with van der Waals surface area (Å²) in [7, 11) is 0. The first kappa shape index (κ1) is 12.7. The molecule has 0 fully saturated rings. The number of nitrogens with zero attached hydrogens (tertiary/aromatic N) is 2. The van der Waals surface area contributed by atoms with Crippen molar-refractivity contribution >= 4 is 0 Å². The van der Waals surface area contributed by atoms with Gasteiger partial charge in [-0.15, -0.1) is 0 Å². The summed E-state index contributed by atoms with van der Waals surface area (Å²) >= 11 is 0. The minimum Gasteiger partial charge on any atom is -0.319 e. The zero-order chi connectivity index (χ0) is 13.1. The number of aromatic nitrogens is 2.